The van der Waals surface area contributed by atoms with Crippen molar-refractivity contribution < 1.29 is 5.11 Å². The molecular formula is C29H38N6O. The zero-order chi connectivity index (χ0) is 26.1. The van der Waals surface area contributed by atoms with Crippen LogP contribution in [0.5, 0.6) is 0 Å². The average molecular weight is 487 g/mol. The molecule has 0 radical (unpaired) electrons. The molecule has 0 unspecified atom stereocenters. The number of aliphatic hydroxyl groups excluding tert-OH is 1. The maximum atomic E-state index is 10.4. The standard InChI is InChI=1S/C29H38N6O/c1-7-10-26(33-20(3)4)25-17-32-28(34-29(25)31-16-24-13-14-30-18-27(24)36)23-12-9-11-22(15-23)21(8-2)19-35(5)6/h7-12,15,17,19,24,27,30,36H,2-3,13-14,16,18H2,1,4-6H3,(H,31,32,34)/b10-7-,21-19+,33-26+/t24-,27-/m1/s1. The summed E-state index contributed by atoms with van der Waals surface area (Å²) in [5.41, 5.74) is 5.18. The molecule has 3 N–H and O–H groups in total. The number of hydrogen-bond donors (Lipinski definition) is 3. The quantitative estimate of drug-likeness (QED) is 0.338. The predicted molar refractivity (Wildman–Crippen MR) is 151 cm³/mol. The molecule has 1 aromatic carbocycles. The van der Waals surface area contributed by atoms with E-state index in [0.29, 0.717) is 30.4 Å². The van der Waals surface area contributed by atoms with Gasteiger partial charge in [-0.2, -0.15) is 0 Å². The Morgan fingerprint density at radius 1 is 1.36 bits per heavy atom. The monoisotopic (exact) mass is 486 g/mol. The van der Waals surface area contributed by atoms with E-state index in [9.17, 15) is 5.11 Å². The molecule has 2 aromatic rings. The minimum absolute atomic E-state index is 0.135. The van der Waals surface area contributed by atoms with Crippen molar-refractivity contribution in [2.45, 2.75) is 26.4 Å². The number of anilines is 1. The van der Waals surface area contributed by atoms with Gasteiger partial charge < -0.3 is 20.6 Å². The van der Waals surface area contributed by atoms with Gasteiger partial charge in [-0.3, -0.25) is 4.99 Å². The molecule has 1 saturated heterocycles. The summed E-state index contributed by atoms with van der Waals surface area (Å²) in [6.07, 6.45) is 10.1. The molecule has 2 atom stereocenters. The van der Waals surface area contributed by atoms with Crippen LogP contribution < -0.4 is 10.6 Å². The van der Waals surface area contributed by atoms with E-state index in [-0.39, 0.29) is 5.92 Å². The van der Waals surface area contributed by atoms with E-state index < -0.39 is 6.10 Å². The van der Waals surface area contributed by atoms with E-state index in [1.807, 2.05) is 75.6 Å². The number of nitrogens with one attached hydrogen (secondary N) is 2. The van der Waals surface area contributed by atoms with E-state index in [1.54, 1.807) is 0 Å². The molecule has 0 amide bonds. The maximum absolute atomic E-state index is 10.4. The number of aliphatic imine (C=N–C) groups is 1. The van der Waals surface area contributed by atoms with Crippen molar-refractivity contribution in [1.82, 2.24) is 20.2 Å². The largest absolute Gasteiger partial charge is 0.391 e. The SMILES string of the molecule is C=C/C(=C\N(C)C)c1cccc(-c2ncc(C(/C=C\C)=N/C(=C)C)c(NC[C@H]3CCNC[C@H]3O)n2)c1. The van der Waals surface area contributed by atoms with Gasteiger partial charge in [0.25, 0.3) is 0 Å². The van der Waals surface area contributed by atoms with Crippen LogP contribution >= 0.6 is 0 Å². The van der Waals surface area contributed by atoms with Crippen LogP contribution in [0.4, 0.5) is 5.82 Å². The maximum Gasteiger partial charge on any atom is 0.161 e. The molecule has 190 valence electrons. The van der Waals surface area contributed by atoms with E-state index in [4.69, 9.17) is 9.97 Å². The van der Waals surface area contributed by atoms with Crippen molar-refractivity contribution in [2.24, 2.45) is 10.9 Å². The number of β-amino-alcohol motifs (C(OH)–C–C–N with tert-alkyl or cyclic N) is 1. The number of nitrogens with zero attached hydrogens (tertiary/aromatic N) is 4. The lowest BCUT2D eigenvalue weighted by Gasteiger charge is -2.28. The van der Waals surface area contributed by atoms with Crippen molar-refractivity contribution >= 4 is 17.1 Å². The molecule has 3 rings (SSSR count). The molecule has 1 aliphatic heterocycles. The van der Waals surface area contributed by atoms with Gasteiger partial charge in [0, 0.05) is 56.8 Å². The highest BCUT2D eigenvalue weighted by molar-refractivity contribution is 6.12. The van der Waals surface area contributed by atoms with Gasteiger partial charge in [-0.25, -0.2) is 9.97 Å². The summed E-state index contributed by atoms with van der Waals surface area (Å²) in [6, 6.07) is 8.13. The second-order valence-corrected chi connectivity index (χ2v) is 9.22. The third kappa shape index (κ3) is 7.23. The molecule has 0 bridgehead atoms. The average Bonchev–Trinajstić information content (AvgIpc) is 2.86. The molecular weight excluding hydrogens is 448 g/mol. The molecule has 1 fully saturated rings. The van der Waals surface area contributed by atoms with Gasteiger partial charge in [0.2, 0.25) is 0 Å². The fourth-order valence-electron chi connectivity index (χ4n) is 4.12. The Hall–Kier alpha value is -3.55. The Kier molecular flexibility index (Phi) is 9.73. The molecule has 36 heavy (non-hydrogen) atoms. The summed E-state index contributed by atoms with van der Waals surface area (Å²) in [5, 5.41) is 17.2. The highest BCUT2D eigenvalue weighted by Crippen LogP contribution is 2.26. The number of benzene rings is 1. The second kappa shape index (κ2) is 13.0. The van der Waals surface area contributed by atoms with Gasteiger partial charge in [-0.15, -0.1) is 0 Å². The van der Waals surface area contributed by atoms with Gasteiger partial charge in [0.1, 0.15) is 5.82 Å². The molecule has 2 heterocycles. The number of piperidine rings is 1. The first-order valence-electron chi connectivity index (χ1n) is 12.3. The van der Waals surface area contributed by atoms with E-state index in [1.165, 1.54) is 0 Å². The Balaban J connectivity index is 2.04. The van der Waals surface area contributed by atoms with Crippen molar-refractivity contribution in [3.8, 4) is 11.4 Å². The van der Waals surface area contributed by atoms with Crippen LogP contribution in [-0.2, 0) is 0 Å². The number of allylic oxidation sites excluding steroid dienone is 5. The lowest BCUT2D eigenvalue weighted by molar-refractivity contribution is 0.0883. The molecule has 0 saturated carbocycles. The normalized spacial score (nSPS) is 18.8. The minimum atomic E-state index is -0.396. The van der Waals surface area contributed by atoms with Crippen LogP contribution in [0.2, 0.25) is 0 Å². The Labute approximate surface area is 215 Å². The molecule has 1 aliphatic rings. The predicted octanol–water partition coefficient (Wildman–Crippen LogP) is 4.51. The Bertz CT molecular complexity index is 1160. The van der Waals surface area contributed by atoms with Crippen LogP contribution in [0.3, 0.4) is 0 Å². The van der Waals surface area contributed by atoms with E-state index >= 15 is 0 Å². The molecule has 0 aliphatic carbocycles. The number of hydrogen-bond acceptors (Lipinski definition) is 7. The van der Waals surface area contributed by atoms with Crippen molar-refractivity contribution in [3.05, 3.63) is 84.9 Å². The number of rotatable bonds is 10. The fraction of sp³-hybridized carbons (Fsp3) is 0.345. The smallest absolute Gasteiger partial charge is 0.161 e. The summed E-state index contributed by atoms with van der Waals surface area (Å²) in [5.74, 6) is 1.43. The van der Waals surface area contributed by atoms with Crippen molar-refractivity contribution in [3.63, 3.8) is 0 Å². The third-order valence-electron chi connectivity index (χ3n) is 5.89. The zero-order valence-corrected chi connectivity index (χ0v) is 21.8. The first kappa shape index (κ1) is 27.0. The van der Waals surface area contributed by atoms with Crippen LogP contribution in [0.15, 0.2) is 78.7 Å². The van der Waals surface area contributed by atoms with Crippen LogP contribution in [0, 0.1) is 5.92 Å². The van der Waals surface area contributed by atoms with Crippen molar-refractivity contribution in [1.29, 1.82) is 0 Å². The molecule has 7 heteroatoms. The number of aromatic nitrogens is 2. The van der Waals surface area contributed by atoms with Gasteiger partial charge in [-0.1, -0.05) is 43.5 Å². The van der Waals surface area contributed by atoms with E-state index in [2.05, 4.69) is 40.9 Å². The van der Waals surface area contributed by atoms with Gasteiger partial charge in [0.05, 0.1) is 17.4 Å². The minimum Gasteiger partial charge on any atom is -0.391 e. The Morgan fingerprint density at radius 2 is 2.17 bits per heavy atom. The van der Waals surface area contributed by atoms with Crippen LogP contribution in [-0.4, -0.2) is 65.5 Å². The van der Waals surface area contributed by atoms with Gasteiger partial charge >= 0.3 is 0 Å². The van der Waals surface area contributed by atoms with Gasteiger partial charge in [0.15, 0.2) is 5.82 Å². The topological polar surface area (TPSA) is 85.7 Å². The van der Waals surface area contributed by atoms with Crippen LogP contribution in [0.25, 0.3) is 17.0 Å². The zero-order valence-electron chi connectivity index (χ0n) is 21.8. The number of aliphatic hydroxyl groups is 1. The first-order valence-corrected chi connectivity index (χ1v) is 12.3. The molecule has 0 spiro atoms. The highest BCUT2D eigenvalue weighted by atomic mass is 16.3. The van der Waals surface area contributed by atoms with Crippen LogP contribution in [0.1, 0.15) is 31.4 Å². The molecule has 1 aromatic heterocycles. The lowest BCUT2D eigenvalue weighted by Crippen LogP contribution is -2.43. The fourth-order valence-corrected chi connectivity index (χ4v) is 4.12. The van der Waals surface area contributed by atoms with Gasteiger partial charge in [-0.05, 0) is 50.1 Å². The Morgan fingerprint density at radius 3 is 2.83 bits per heavy atom. The van der Waals surface area contributed by atoms with E-state index in [0.717, 1.165) is 40.9 Å². The van der Waals surface area contributed by atoms with Crippen molar-refractivity contribution in [2.75, 3.05) is 39.0 Å². The molecule has 7 nitrogen and oxygen atoms in total. The third-order valence-corrected chi connectivity index (χ3v) is 5.89. The summed E-state index contributed by atoms with van der Waals surface area (Å²) in [6.45, 7) is 13.8. The lowest BCUT2D eigenvalue weighted by atomic mass is 9.95. The first-order chi connectivity index (χ1) is 17.3. The summed E-state index contributed by atoms with van der Waals surface area (Å²) >= 11 is 0. The summed E-state index contributed by atoms with van der Waals surface area (Å²) < 4.78 is 0. The summed E-state index contributed by atoms with van der Waals surface area (Å²) in [4.78, 5) is 16.3. The second-order valence-electron chi connectivity index (χ2n) is 9.22. The highest BCUT2D eigenvalue weighted by Gasteiger charge is 2.23. The summed E-state index contributed by atoms with van der Waals surface area (Å²) in [7, 11) is 3.97.